The average molecular weight is 584 g/mol. The number of unbranched alkanes of at least 4 members (excludes halogenated alkanes) is 2. The molecular weight excluding hydrogens is 553 g/mol. The monoisotopic (exact) mass is 583 g/mol. The molecule has 2 saturated heterocycles. The number of nitriles is 1. The van der Waals surface area contributed by atoms with Crippen LogP contribution in [0.15, 0.2) is 34.0 Å². The molecular formula is C28H30FN5O4S2. The van der Waals surface area contributed by atoms with Gasteiger partial charge in [0, 0.05) is 57.4 Å². The van der Waals surface area contributed by atoms with Crippen molar-refractivity contribution in [3.63, 3.8) is 0 Å². The number of rotatable bonds is 9. The zero-order valence-corrected chi connectivity index (χ0v) is 24.0. The molecule has 0 aliphatic carbocycles. The number of amides is 1. The largest absolute Gasteiger partial charge is 0.481 e. The molecule has 4 rings (SSSR count). The Morgan fingerprint density at radius 2 is 1.77 bits per heavy atom. The molecule has 1 amide bonds. The minimum atomic E-state index is -0.842. The molecule has 3 heterocycles. The molecule has 0 bridgehead atoms. The summed E-state index contributed by atoms with van der Waals surface area (Å²) < 4.78 is 15.3. The number of halogens is 1. The first kappa shape index (κ1) is 29.3. The molecule has 2 aliphatic rings. The summed E-state index contributed by atoms with van der Waals surface area (Å²) in [6.07, 6.45) is 3.65. The average Bonchev–Trinajstić information content (AvgIpc) is 3.20. The third-order valence-corrected chi connectivity index (χ3v) is 8.54. The van der Waals surface area contributed by atoms with E-state index < -0.39 is 11.5 Å². The predicted molar refractivity (Wildman–Crippen MR) is 158 cm³/mol. The lowest BCUT2D eigenvalue weighted by molar-refractivity contribution is -0.137. The van der Waals surface area contributed by atoms with Gasteiger partial charge in [0.05, 0.1) is 4.91 Å². The van der Waals surface area contributed by atoms with Crippen LogP contribution >= 0.6 is 24.0 Å². The van der Waals surface area contributed by atoms with Crippen molar-refractivity contribution in [2.24, 2.45) is 7.05 Å². The van der Waals surface area contributed by atoms with Gasteiger partial charge in [0.25, 0.3) is 11.5 Å². The number of carboxylic acids is 1. The van der Waals surface area contributed by atoms with Gasteiger partial charge in [-0.3, -0.25) is 23.9 Å². The fourth-order valence-corrected chi connectivity index (χ4v) is 6.26. The molecule has 2 aromatic rings. The molecule has 2 fully saturated rings. The van der Waals surface area contributed by atoms with Crippen LogP contribution in [0.25, 0.3) is 6.08 Å². The highest BCUT2D eigenvalue weighted by molar-refractivity contribution is 8.26. The van der Waals surface area contributed by atoms with Gasteiger partial charge in [-0.05, 0) is 55.7 Å². The van der Waals surface area contributed by atoms with Crippen molar-refractivity contribution in [2.45, 2.75) is 32.6 Å². The number of aromatic nitrogens is 1. The van der Waals surface area contributed by atoms with E-state index in [0.717, 1.165) is 5.69 Å². The molecule has 0 radical (unpaired) electrons. The summed E-state index contributed by atoms with van der Waals surface area (Å²) in [7, 11) is 1.63. The molecule has 40 heavy (non-hydrogen) atoms. The van der Waals surface area contributed by atoms with Crippen molar-refractivity contribution in [3.05, 3.63) is 62.0 Å². The molecule has 0 unspecified atom stereocenters. The van der Waals surface area contributed by atoms with Crippen LogP contribution in [-0.4, -0.2) is 63.5 Å². The molecule has 0 spiro atoms. The summed E-state index contributed by atoms with van der Waals surface area (Å²) in [4.78, 5) is 43.3. The molecule has 2 aliphatic heterocycles. The fourth-order valence-electron chi connectivity index (χ4n) is 4.97. The van der Waals surface area contributed by atoms with Gasteiger partial charge in [-0.1, -0.05) is 30.4 Å². The Kier molecular flexibility index (Phi) is 9.27. The van der Waals surface area contributed by atoms with E-state index in [1.807, 2.05) is 6.07 Å². The lowest BCUT2D eigenvalue weighted by Crippen LogP contribution is -2.48. The summed E-state index contributed by atoms with van der Waals surface area (Å²) in [6, 6.07) is 8.36. The number of nitrogens with zero attached hydrogens (tertiary/aromatic N) is 5. The van der Waals surface area contributed by atoms with Gasteiger partial charge < -0.3 is 14.9 Å². The van der Waals surface area contributed by atoms with Crippen LogP contribution in [0.5, 0.6) is 0 Å². The van der Waals surface area contributed by atoms with Crippen molar-refractivity contribution in [2.75, 3.05) is 42.5 Å². The number of benzene rings is 1. The predicted octanol–water partition coefficient (Wildman–Crippen LogP) is 3.88. The summed E-state index contributed by atoms with van der Waals surface area (Å²) in [6.45, 7) is 4.55. The lowest BCUT2D eigenvalue weighted by atomic mass is 10.0. The first-order chi connectivity index (χ1) is 19.1. The number of carboxylic acid groups (broad SMARTS) is 1. The van der Waals surface area contributed by atoms with Crippen LogP contribution in [0.3, 0.4) is 0 Å². The number of thiocarbonyl (C=S) groups is 1. The molecule has 12 heteroatoms. The van der Waals surface area contributed by atoms with E-state index in [2.05, 4.69) is 9.80 Å². The van der Waals surface area contributed by atoms with E-state index in [9.17, 15) is 24.0 Å². The van der Waals surface area contributed by atoms with Crippen molar-refractivity contribution in [1.82, 2.24) is 9.47 Å². The normalized spacial score (nSPS) is 16.6. The Bertz CT molecular complexity index is 1460. The van der Waals surface area contributed by atoms with Crippen LogP contribution in [0, 0.1) is 24.1 Å². The second-order valence-corrected chi connectivity index (χ2v) is 11.4. The third-order valence-electron chi connectivity index (χ3n) is 7.16. The SMILES string of the molecule is Cc1c(C=C2SC(=S)N(CCCCCC(=O)O)C2=O)c(N2CCN(c3ccc(F)cc3)CC2)n(C)c(=O)c1C#N. The molecule has 0 saturated carbocycles. The van der Waals surface area contributed by atoms with E-state index in [1.54, 1.807) is 32.2 Å². The van der Waals surface area contributed by atoms with Gasteiger partial charge >= 0.3 is 5.97 Å². The van der Waals surface area contributed by atoms with Crippen LogP contribution in [-0.2, 0) is 16.6 Å². The Balaban J connectivity index is 1.60. The number of carbonyl (C=O) groups excluding carboxylic acids is 1. The van der Waals surface area contributed by atoms with E-state index in [0.29, 0.717) is 78.2 Å². The summed E-state index contributed by atoms with van der Waals surface area (Å²) in [5.74, 6) is -0.754. The zero-order chi connectivity index (χ0) is 29.0. The number of hydrogen-bond donors (Lipinski definition) is 1. The molecule has 210 valence electrons. The van der Waals surface area contributed by atoms with E-state index in [4.69, 9.17) is 17.3 Å². The molecule has 1 N–H and O–H groups in total. The number of hydrogen-bond acceptors (Lipinski definition) is 8. The summed E-state index contributed by atoms with van der Waals surface area (Å²) in [5.41, 5.74) is 1.66. The highest BCUT2D eigenvalue weighted by atomic mass is 32.2. The summed E-state index contributed by atoms with van der Waals surface area (Å²) in [5, 5.41) is 18.5. The smallest absolute Gasteiger partial charge is 0.303 e. The molecule has 1 aromatic heterocycles. The number of aliphatic carboxylic acids is 1. The minimum absolute atomic E-state index is 0.0244. The van der Waals surface area contributed by atoms with Crippen molar-refractivity contribution in [3.8, 4) is 6.07 Å². The Morgan fingerprint density at radius 1 is 1.12 bits per heavy atom. The molecule has 9 nitrogen and oxygen atoms in total. The van der Waals surface area contributed by atoms with E-state index in [-0.39, 0.29) is 23.7 Å². The Labute approximate surface area is 241 Å². The Hall–Kier alpha value is -3.69. The quantitative estimate of drug-likeness (QED) is 0.267. The highest BCUT2D eigenvalue weighted by Crippen LogP contribution is 2.36. The lowest BCUT2D eigenvalue weighted by Gasteiger charge is -2.38. The van der Waals surface area contributed by atoms with Gasteiger partial charge in [-0.25, -0.2) is 4.39 Å². The van der Waals surface area contributed by atoms with Crippen molar-refractivity contribution < 1.29 is 19.1 Å². The van der Waals surface area contributed by atoms with E-state index >= 15 is 0 Å². The number of piperazine rings is 1. The highest BCUT2D eigenvalue weighted by Gasteiger charge is 2.33. The third kappa shape index (κ3) is 6.21. The van der Waals surface area contributed by atoms with Gasteiger partial charge in [-0.15, -0.1) is 0 Å². The standard InChI is InChI=1S/C28H30FN5O4S2/c1-18-21(16-23-27(38)34(28(39)40-23)11-5-3-4-6-24(35)36)25(31(2)26(37)22(18)17-30)33-14-12-32(13-15-33)20-9-7-19(29)8-10-20/h7-10,16H,3-6,11-15H2,1-2H3,(H,35,36). The number of pyridine rings is 1. The number of thioether (sulfide) groups is 1. The van der Waals surface area contributed by atoms with Crippen LogP contribution in [0.4, 0.5) is 15.9 Å². The van der Waals surface area contributed by atoms with Gasteiger partial charge in [0.15, 0.2) is 0 Å². The minimum Gasteiger partial charge on any atom is -0.481 e. The molecule has 1 aromatic carbocycles. The van der Waals surface area contributed by atoms with Crippen molar-refractivity contribution in [1.29, 1.82) is 5.26 Å². The van der Waals surface area contributed by atoms with Gasteiger partial charge in [-0.2, -0.15) is 5.26 Å². The van der Waals surface area contributed by atoms with Gasteiger partial charge in [0.2, 0.25) is 0 Å². The fraction of sp³-hybridized carbons (Fsp3) is 0.393. The maximum Gasteiger partial charge on any atom is 0.303 e. The first-order valence-electron chi connectivity index (χ1n) is 13.0. The van der Waals surface area contributed by atoms with Gasteiger partial charge in [0.1, 0.15) is 27.6 Å². The summed E-state index contributed by atoms with van der Waals surface area (Å²) >= 11 is 6.65. The second kappa shape index (κ2) is 12.7. The van der Waals surface area contributed by atoms with Crippen LogP contribution in [0.2, 0.25) is 0 Å². The maximum atomic E-state index is 13.4. The topological polar surface area (TPSA) is 110 Å². The van der Waals surface area contributed by atoms with Crippen LogP contribution < -0.4 is 15.4 Å². The molecule has 0 atom stereocenters. The van der Waals surface area contributed by atoms with Crippen molar-refractivity contribution >= 4 is 57.8 Å². The number of carbonyl (C=O) groups is 2. The second-order valence-electron chi connectivity index (χ2n) is 9.70. The first-order valence-corrected chi connectivity index (χ1v) is 14.2. The number of anilines is 2. The Morgan fingerprint density at radius 3 is 2.40 bits per heavy atom. The van der Waals surface area contributed by atoms with Crippen LogP contribution in [0.1, 0.15) is 42.4 Å². The van der Waals surface area contributed by atoms with E-state index in [1.165, 1.54) is 33.4 Å². The maximum absolute atomic E-state index is 13.4. The zero-order valence-electron chi connectivity index (χ0n) is 22.4.